The Bertz CT molecular complexity index is 1160. The van der Waals surface area contributed by atoms with E-state index in [2.05, 4.69) is 4.37 Å². The van der Waals surface area contributed by atoms with Crippen LogP contribution in [0.5, 0.6) is 0 Å². The van der Waals surface area contributed by atoms with Crippen LogP contribution < -0.4 is 11.2 Å². The highest BCUT2D eigenvalue weighted by atomic mass is 32.2. The summed E-state index contributed by atoms with van der Waals surface area (Å²) in [5.74, 6) is 0.933. The Kier molecular flexibility index (Phi) is 4.84. The van der Waals surface area contributed by atoms with Gasteiger partial charge in [-0.2, -0.15) is 17.5 Å². The summed E-state index contributed by atoms with van der Waals surface area (Å²) in [7, 11) is 0.990. The molecule has 1 aliphatic heterocycles. The van der Waals surface area contributed by atoms with Crippen LogP contribution in [0.4, 0.5) is 13.2 Å². The fraction of sp³-hybridized carbons (Fsp3) is 0.353. The molecule has 148 valence electrons. The van der Waals surface area contributed by atoms with Gasteiger partial charge in [0, 0.05) is 25.1 Å². The Labute approximate surface area is 164 Å². The SMILES string of the molecule is Cn1c(C(F)(F)F)cc(=O)n(-c2ccc3snc(C4OCCCS4)c3c2)c1=O. The molecule has 1 aliphatic rings. The molecule has 0 spiro atoms. The molecule has 0 saturated carbocycles. The third-order valence-corrected chi connectivity index (χ3v) is 6.43. The van der Waals surface area contributed by atoms with E-state index in [1.165, 1.54) is 17.6 Å². The first-order chi connectivity index (χ1) is 13.3. The number of nitrogens with zero attached hydrogens (tertiary/aromatic N) is 3. The Morgan fingerprint density at radius 3 is 2.71 bits per heavy atom. The summed E-state index contributed by atoms with van der Waals surface area (Å²) in [6.45, 7) is 0.620. The van der Waals surface area contributed by atoms with E-state index in [9.17, 15) is 22.8 Å². The number of benzene rings is 1. The molecular formula is C17H14F3N3O3S2. The highest BCUT2D eigenvalue weighted by molar-refractivity contribution is 7.99. The van der Waals surface area contributed by atoms with Crippen LogP contribution >= 0.6 is 23.3 Å². The first-order valence-corrected chi connectivity index (χ1v) is 10.1. The van der Waals surface area contributed by atoms with Crippen molar-refractivity contribution in [1.29, 1.82) is 0 Å². The molecule has 1 aromatic carbocycles. The van der Waals surface area contributed by atoms with Crippen molar-refractivity contribution in [2.24, 2.45) is 7.05 Å². The van der Waals surface area contributed by atoms with Gasteiger partial charge in [0.05, 0.1) is 10.4 Å². The molecule has 0 aliphatic carbocycles. The second-order valence-electron chi connectivity index (χ2n) is 6.22. The first kappa shape index (κ1) is 19.2. The van der Waals surface area contributed by atoms with Crippen LogP contribution in [-0.4, -0.2) is 25.9 Å². The van der Waals surface area contributed by atoms with E-state index >= 15 is 0 Å². The smallest absolute Gasteiger partial charge is 0.361 e. The molecular weight excluding hydrogens is 415 g/mol. The van der Waals surface area contributed by atoms with Gasteiger partial charge in [0.2, 0.25) is 0 Å². The van der Waals surface area contributed by atoms with E-state index in [4.69, 9.17) is 4.74 Å². The molecule has 6 nitrogen and oxygen atoms in total. The van der Waals surface area contributed by atoms with Crippen molar-refractivity contribution in [3.8, 4) is 5.69 Å². The lowest BCUT2D eigenvalue weighted by Gasteiger charge is -2.20. The number of hydrogen-bond acceptors (Lipinski definition) is 6. The van der Waals surface area contributed by atoms with Gasteiger partial charge in [-0.05, 0) is 41.9 Å². The molecule has 0 N–H and O–H groups in total. The van der Waals surface area contributed by atoms with E-state index in [-0.39, 0.29) is 11.1 Å². The molecule has 0 amide bonds. The van der Waals surface area contributed by atoms with Crippen molar-refractivity contribution >= 4 is 33.4 Å². The topological polar surface area (TPSA) is 66.1 Å². The van der Waals surface area contributed by atoms with E-state index in [0.29, 0.717) is 22.9 Å². The maximum absolute atomic E-state index is 13.0. The molecule has 3 heterocycles. The number of ether oxygens (including phenoxy) is 1. The zero-order valence-electron chi connectivity index (χ0n) is 14.5. The number of halogens is 3. The average Bonchev–Trinajstić information content (AvgIpc) is 3.08. The van der Waals surface area contributed by atoms with Crippen molar-refractivity contribution in [3.63, 3.8) is 0 Å². The minimum Gasteiger partial charge on any atom is -0.361 e. The Balaban J connectivity index is 1.87. The second kappa shape index (κ2) is 7.05. The van der Waals surface area contributed by atoms with Gasteiger partial charge >= 0.3 is 11.9 Å². The highest BCUT2D eigenvalue weighted by Gasteiger charge is 2.35. The predicted molar refractivity (Wildman–Crippen MR) is 101 cm³/mol. The molecule has 28 heavy (non-hydrogen) atoms. The number of rotatable bonds is 2. The van der Waals surface area contributed by atoms with Gasteiger partial charge in [0.25, 0.3) is 5.56 Å². The maximum atomic E-state index is 13.0. The number of alkyl halides is 3. The van der Waals surface area contributed by atoms with E-state index in [1.807, 2.05) is 0 Å². The quantitative estimate of drug-likeness (QED) is 0.625. The summed E-state index contributed by atoms with van der Waals surface area (Å²) in [6, 6.07) is 5.25. The average molecular weight is 429 g/mol. The summed E-state index contributed by atoms with van der Waals surface area (Å²) < 4.78 is 51.3. The monoisotopic (exact) mass is 429 g/mol. The second-order valence-corrected chi connectivity index (χ2v) is 8.19. The van der Waals surface area contributed by atoms with E-state index in [0.717, 1.165) is 33.9 Å². The predicted octanol–water partition coefficient (Wildman–Crippen LogP) is 3.32. The molecule has 1 fully saturated rings. The third-order valence-electron chi connectivity index (χ3n) is 4.40. The van der Waals surface area contributed by atoms with Crippen LogP contribution in [0.25, 0.3) is 15.8 Å². The number of hydrogen-bond donors (Lipinski definition) is 0. The van der Waals surface area contributed by atoms with Gasteiger partial charge in [0.1, 0.15) is 16.8 Å². The van der Waals surface area contributed by atoms with Crippen LogP contribution in [0.15, 0.2) is 33.9 Å². The van der Waals surface area contributed by atoms with Gasteiger partial charge < -0.3 is 4.74 Å². The first-order valence-electron chi connectivity index (χ1n) is 8.30. The van der Waals surface area contributed by atoms with Crippen LogP contribution in [0.2, 0.25) is 0 Å². The summed E-state index contributed by atoms with van der Waals surface area (Å²) in [5.41, 5.74) is -2.75. The summed E-state index contributed by atoms with van der Waals surface area (Å²) in [6.07, 6.45) is -3.85. The minimum atomic E-state index is -4.80. The standard InChI is InChI=1S/C17H14F3N3O3S2/c1-22-12(17(18,19)20)8-13(24)23(16(22)25)9-3-4-11-10(7-9)14(21-28-11)15-26-5-2-6-27-15/h3-4,7-8,15H,2,5-6H2,1H3. The van der Waals surface area contributed by atoms with Crippen LogP contribution in [0.3, 0.4) is 0 Å². The van der Waals surface area contributed by atoms with Gasteiger partial charge in [-0.1, -0.05) is 0 Å². The van der Waals surface area contributed by atoms with Gasteiger partial charge in [-0.15, -0.1) is 11.8 Å². The summed E-state index contributed by atoms with van der Waals surface area (Å²) >= 11 is 2.88. The lowest BCUT2D eigenvalue weighted by molar-refractivity contribution is -0.144. The van der Waals surface area contributed by atoms with Crippen molar-refractivity contribution in [2.75, 3.05) is 12.4 Å². The van der Waals surface area contributed by atoms with Crippen LogP contribution in [0, 0.1) is 0 Å². The lowest BCUT2D eigenvalue weighted by Crippen LogP contribution is -2.40. The lowest BCUT2D eigenvalue weighted by atomic mass is 10.2. The molecule has 1 atom stereocenters. The van der Waals surface area contributed by atoms with Crippen molar-refractivity contribution < 1.29 is 17.9 Å². The van der Waals surface area contributed by atoms with Crippen molar-refractivity contribution in [2.45, 2.75) is 18.0 Å². The normalized spacial score (nSPS) is 17.9. The van der Waals surface area contributed by atoms with E-state index in [1.54, 1.807) is 23.9 Å². The molecule has 11 heteroatoms. The molecule has 2 aromatic heterocycles. The minimum absolute atomic E-state index is 0.189. The fourth-order valence-corrected chi connectivity index (χ4v) is 4.91. The Hall–Kier alpha value is -2.11. The number of fused-ring (bicyclic) bond motifs is 1. The maximum Gasteiger partial charge on any atom is 0.431 e. The molecule has 0 bridgehead atoms. The largest absolute Gasteiger partial charge is 0.431 e. The molecule has 0 radical (unpaired) electrons. The zero-order chi connectivity index (χ0) is 20.1. The number of aromatic nitrogens is 3. The zero-order valence-corrected chi connectivity index (χ0v) is 16.2. The summed E-state index contributed by atoms with van der Waals surface area (Å²) in [4.78, 5) is 24.8. The van der Waals surface area contributed by atoms with Gasteiger partial charge in [0.15, 0.2) is 0 Å². The molecule has 1 saturated heterocycles. The highest BCUT2D eigenvalue weighted by Crippen LogP contribution is 2.39. The molecule has 1 unspecified atom stereocenters. The van der Waals surface area contributed by atoms with Crippen molar-refractivity contribution in [1.82, 2.24) is 13.5 Å². The van der Waals surface area contributed by atoms with Crippen LogP contribution in [0.1, 0.15) is 23.2 Å². The number of thioether (sulfide) groups is 1. The van der Waals surface area contributed by atoms with Crippen molar-refractivity contribution in [3.05, 3.63) is 56.5 Å². The Morgan fingerprint density at radius 2 is 2.04 bits per heavy atom. The van der Waals surface area contributed by atoms with Gasteiger partial charge in [-0.3, -0.25) is 9.36 Å². The van der Waals surface area contributed by atoms with Gasteiger partial charge in [-0.25, -0.2) is 9.36 Å². The van der Waals surface area contributed by atoms with Crippen LogP contribution in [-0.2, 0) is 18.0 Å². The Morgan fingerprint density at radius 1 is 1.25 bits per heavy atom. The summed E-state index contributed by atoms with van der Waals surface area (Å²) in [5, 5.41) is 0.718. The molecule has 4 rings (SSSR count). The fourth-order valence-electron chi connectivity index (χ4n) is 3.04. The van der Waals surface area contributed by atoms with E-state index < -0.39 is 23.1 Å². The third kappa shape index (κ3) is 3.27. The molecule has 3 aromatic rings.